The van der Waals surface area contributed by atoms with E-state index in [1.807, 2.05) is 44.2 Å². The van der Waals surface area contributed by atoms with Gasteiger partial charge in [0.25, 0.3) is 0 Å². The van der Waals surface area contributed by atoms with Gasteiger partial charge in [0, 0.05) is 5.41 Å². The molecule has 0 aromatic heterocycles. The van der Waals surface area contributed by atoms with Crippen molar-refractivity contribution in [3.8, 4) is 0 Å². The number of hydrogen-bond donors (Lipinski definition) is 1. The molecule has 1 N–H and O–H groups in total. The number of aliphatic hydroxyl groups excluding tert-OH is 1. The van der Waals surface area contributed by atoms with Crippen molar-refractivity contribution >= 4 is 11.5 Å². The molecule has 0 saturated carbocycles. The minimum atomic E-state index is -1.08. The van der Waals surface area contributed by atoms with Crippen molar-refractivity contribution in [2.45, 2.75) is 20.1 Å². The van der Waals surface area contributed by atoms with Gasteiger partial charge in [0.15, 0.2) is 0 Å². The van der Waals surface area contributed by atoms with Gasteiger partial charge in [-0.25, -0.2) is 4.79 Å². The van der Waals surface area contributed by atoms with Gasteiger partial charge in [-0.2, -0.15) is 0 Å². The van der Waals surface area contributed by atoms with Gasteiger partial charge in [-0.15, -0.1) is 0 Å². The van der Waals surface area contributed by atoms with Crippen molar-refractivity contribution in [2.24, 2.45) is 5.41 Å². The summed E-state index contributed by atoms with van der Waals surface area (Å²) in [5.74, 6) is -0.474. The Morgan fingerprint density at radius 2 is 1.88 bits per heavy atom. The van der Waals surface area contributed by atoms with Crippen molar-refractivity contribution in [2.75, 3.05) is 0 Å². The summed E-state index contributed by atoms with van der Waals surface area (Å²) in [4.78, 5) is 11.6. The van der Waals surface area contributed by atoms with Crippen LogP contribution in [-0.4, -0.2) is 17.4 Å². The summed E-state index contributed by atoms with van der Waals surface area (Å²) in [7, 11) is 0. The molecule has 1 aromatic carbocycles. The van der Waals surface area contributed by atoms with Crippen molar-refractivity contribution in [3.63, 3.8) is 0 Å². The number of esters is 1. The van der Waals surface area contributed by atoms with Crippen molar-refractivity contribution in [1.29, 1.82) is 0 Å². The summed E-state index contributed by atoms with van der Waals surface area (Å²) in [5.41, 5.74) is 0.766. The second kappa shape index (κ2) is 3.76. The van der Waals surface area contributed by atoms with E-state index in [1.165, 1.54) is 0 Å². The standard InChI is InChI=1S/C13H14O3/c1-13(2)8-10(11(14)16-12(13)15)9-6-4-3-5-7-9/h3-8,12,15H,1-2H3. The largest absolute Gasteiger partial charge is 0.431 e. The van der Waals surface area contributed by atoms with Crippen LogP contribution in [0.2, 0.25) is 0 Å². The van der Waals surface area contributed by atoms with E-state index in [1.54, 1.807) is 6.08 Å². The van der Waals surface area contributed by atoms with Gasteiger partial charge in [0.2, 0.25) is 6.29 Å². The van der Waals surface area contributed by atoms with Crippen LogP contribution in [0.15, 0.2) is 36.4 Å². The molecule has 2 rings (SSSR count). The Morgan fingerprint density at radius 1 is 1.25 bits per heavy atom. The van der Waals surface area contributed by atoms with Crippen LogP contribution >= 0.6 is 0 Å². The zero-order valence-corrected chi connectivity index (χ0v) is 9.31. The third kappa shape index (κ3) is 1.86. The Hall–Kier alpha value is -1.61. The average molecular weight is 218 g/mol. The van der Waals surface area contributed by atoms with Crippen molar-refractivity contribution < 1.29 is 14.6 Å². The predicted octanol–water partition coefficient (Wildman–Crippen LogP) is 1.97. The van der Waals surface area contributed by atoms with Gasteiger partial charge in [-0.3, -0.25) is 0 Å². The molecule has 0 saturated heterocycles. The minimum absolute atomic E-state index is 0.474. The van der Waals surface area contributed by atoms with Crippen LogP contribution in [0, 0.1) is 5.41 Å². The molecule has 0 radical (unpaired) electrons. The fourth-order valence-electron chi connectivity index (χ4n) is 1.64. The monoisotopic (exact) mass is 218 g/mol. The first-order chi connectivity index (χ1) is 7.50. The first-order valence-corrected chi connectivity index (χ1v) is 5.18. The number of hydrogen-bond acceptors (Lipinski definition) is 3. The van der Waals surface area contributed by atoms with Gasteiger partial charge in [0.05, 0.1) is 5.57 Å². The van der Waals surface area contributed by atoms with E-state index in [0.717, 1.165) is 5.56 Å². The fraction of sp³-hybridized carbons (Fsp3) is 0.308. The van der Waals surface area contributed by atoms with E-state index in [-0.39, 0.29) is 0 Å². The molecule has 0 fully saturated rings. The van der Waals surface area contributed by atoms with E-state index < -0.39 is 17.7 Å². The van der Waals surface area contributed by atoms with Crippen LogP contribution in [-0.2, 0) is 9.53 Å². The van der Waals surface area contributed by atoms with Gasteiger partial charge in [-0.05, 0) is 5.56 Å². The Labute approximate surface area is 94.4 Å². The average Bonchev–Trinajstić information content (AvgIpc) is 2.25. The summed E-state index contributed by atoms with van der Waals surface area (Å²) in [6.45, 7) is 3.65. The summed E-state index contributed by atoms with van der Waals surface area (Å²) in [5, 5.41) is 9.58. The summed E-state index contributed by atoms with van der Waals surface area (Å²) >= 11 is 0. The first-order valence-electron chi connectivity index (χ1n) is 5.18. The SMILES string of the molecule is CC1(C)C=C(c2ccccc2)C(=O)OC1O. The Balaban J connectivity index is 2.45. The van der Waals surface area contributed by atoms with Crippen LogP contribution in [0.25, 0.3) is 5.57 Å². The minimum Gasteiger partial charge on any atom is -0.431 e. The summed E-state index contributed by atoms with van der Waals surface area (Å²) in [6, 6.07) is 9.31. The number of aliphatic hydroxyl groups is 1. The molecule has 0 amide bonds. The zero-order chi connectivity index (χ0) is 11.8. The predicted molar refractivity (Wildman–Crippen MR) is 60.3 cm³/mol. The molecule has 84 valence electrons. The molecular weight excluding hydrogens is 204 g/mol. The highest BCUT2D eigenvalue weighted by molar-refractivity contribution is 6.17. The molecule has 1 unspecified atom stereocenters. The lowest BCUT2D eigenvalue weighted by atomic mass is 9.86. The van der Waals surface area contributed by atoms with E-state index in [4.69, 9.17) is 4.74 Å². The van der Waals surface area contributed by atoms with Gasteiger partial charge in [0.1, 0.15) is 0 Å². The van der Waals surface area contributed by atoms with Crippen LogP contribution < -0.4 is 0 Å². The highest BCUT2D eigenvalue weighted by Crippen LogP contribution is 2.34. The van der Waals surface area contributed by atoms with Gasteiger partial charge >= 0.3 is 5.97 Å². The molecule has 16 heavy (non-hydrogen) atoms. The van der Waals surface area contributed by atoms with Crippen LogP contribution in [0.1, 0.15) is 19.4 Å². The number of carbonyl (C=O) groups excluding carboxylic acids is 1. The fourth-order valence-corrected chi connectivity index (χ4v) is 1.64. The van der Waals surface area contributed by atoms with Crippen LogP contribution in [0.5, 0.6) is 0 Å². The summed E-state index contributed by atoms with van der Waals surface area (Å²) < 4.78 is 4.92. The second-order valence-electron chi connectivity index (χ2n) is 4.50. The third-order valence-electron chi connectivity index (χ3n) is 2.68. The lowest BCUT2D eigenvalue weighted by Crippen LogP contribution is -2.37. The van der Waals surface area contributed by atoms with E-state index in [0.29, 0.717) is 5.57 Å². The lowest BCUT2D eigenvalue weighted by molar-refractivity contribution is -0.179. The Bertz CT molecular complexity index is 432. The number of cyclic esters (lactones) is 1. The quantitative estimate of drug-likeness (QED) is 0.733. The number of benzene rings is 1. The number of carbonyl (C=O) groups is 1. The lowest BCUT2D eigenvalue weighted by Gasteiger charge is -2.32. The highest BCUT2D eigenvalue weighted by atomic mass is 16.6. The topological polar surface area (TPSA) is 46.5 Å². The number of rotatable bonds is 1. The number of ether oxygens (including phenoxy) is 1. The molecule has 0 spiro atoms. The van der Waals surface area contributed by atoms with E-state index in [2.05, 4.69) is 0 Å². The normalized spacial score (nSPS) is 23.6. The smallest absolute Gasteiger partial charge is 0.340 e. The molecule has 1 aromatic rings. The van der Waals surface area contributed by atoms with Crippen LogP contribution in [0.4, 0.5) is 0 Å². The van der Waals surface area contributed by atoms with Gasteiger partial charge in [-0.1, -0.05) is 50.3 Å². The maximum Gasteiger partial charge on any atom is 0.340 e. The molecule has 1 atom stereocenters. The molecule has 3 heteroatoms. The Morgan fingerprint density at radius 3 is 2.50 bits per heavy atom. The molecular formula is C13H14O3. The second-order valence-corrected chi connectivity index (χ2v) is 4.50. The molecule has 3 nitrogen and oxygen atoms in total. The molecule has 1 aliphatic heterocycles. The van der Waals surface area contributed by atoms with Crippen molar-refractivity contribution in [3.05, 3.63) is 42.0 Å². The van der Waals surface area contributed by atoms with E-state index in [9.17, 15) is 9.90 Å². The first kappa shape index (κ1) is 10.9. The molecule has 0 aliphatic carbocycles. The third-order valence-corrected chi connectivity index (χ3v) is 2.68. The highest BCUT2D eigenvalue weighted by Gasteiger charge is 2.36. The molecule has 0 bridgehead atoms. The molecule has 1 aliphatic rings. The van der Waals surface area contributed by atoms with Crippen molar-refractivity contribution in [1.82, 2.24) is 0 Å². The maximum absolute atomic E-state index is 11.6. The van der Waals surface area contributed by atoms with Gasteiger partial charge < -0.3 is 9.84 Å². The van der Waals surface area contributed by atoms with E-state index >= 15 is 0 Å². The maximum atomic E-state index is 11.6. The van der Waals surface area contributed by atoms with Crippen LogP contribution in [0.3, 0.4) is 0 Å². The summed E-state index contributed by atoms with van der Waals surface area (Å²) in [6.07, 6.45) is 0.686. The zero-order valence-electron chi connectivity index (χ0n) is 9.31. The Kier molecular flexibility index (Phi) is 2.56. The molecule has 1 heterocycles.